The molecule has 2 aromatic carbocycles. The summed E-state index contributed by atoms with van der Waals surface area (Å²) in [7, 11) is 7.90. The molecule has 0 saturated carbocycles. The van der Waals surface area contributed by atoms with Gasteiger partial charge in [0.2, 0.25) is 0 Å². The van der Waals surface area contributed by atoms with Crippen LogP contribution in [0.25, 0.3) is 0 Å². The topological polar surface area (TPSA) is 83.1 Å². The Morgan fingerprint density at radius 2 is 1.00 bits per heavy atom. The average molecular weight is 721 g/mol. The highest BCUT2D eigenvalue weighted by atomic mass is 32.1. The number of nitrogens with zero attached hydrogens (tertiary/aromatic N) is 2. The van der Waals surface area contributed by atoms with E-state index in [9.17, 15) is 9.59 Å². The molecule has 0 saturated heterocycles. The van der Waals surface area contributed by atoms with Gasteiger partial charge in [-0.05, 0) is 114 Å². The van der Waals surface area contributed by atoms with Crippen LogP contribution in [0.5, 0.6) is 0 Å². The van der Waals surface area contributed by atoms with Crippen LogP contribution in [0.4, 0.5) is 0 Å². The maximum atomic E-state index is 12.8. The van der Waals surface area contributed by atoms with E-state index in [-0.39, 0.29) is 24.1 Å². The Morgan fingerprint density at radius 1 is 0.620 bits per heavy atom. The fourth-order valence-electron chi connectivity index (χ4n) is 5.69. The Labute approximate surface area is 307 Å². The Bertz CT molecular complexity index is 1430. The third-order valence-electron chi connectivity index (χ3n) is 7.95. The summed E-state index contributed by atoms with van der Waals surface area (Å²) >= 11 is 3.48. The second kappa shape index (κ2) is 21.8. The van der Waals surface area contributed by atoms with Crippen LogP contribution < -0.4 is 10.6 Å². The molecule has 2 aromatic heterocycles. The van der Waals surface area contributed by atoms with Crippen LogP contribution in [0.2, 0.25) is 0 Å². The molecule has 4 aromatic rings. The lowest BCUT2D eigenvalue weighted by Gasteiger charge is -2.23. The minimum Gasteiger partial charge on any atom is -0.460 e. The average Bonchev–Trinajstić information content (AvgIpc) is 3.77. The van der Waals surface area contributed by atoms with Gasteiger partial charge in [0.25, 0.3) is 0 Å². The normalized spacial score (nSPS) is 13.6. The van der Waals surface area contributed by atoms with Crippen LogP contribution in [0.3, 0.4) is 0 Å². The summed E-state index contributed by atoms with van der Waals surface area (Å²) in [5, 5.41) is 10.9. The number of carbonyl (C=O) groups is 2. The highest BCUT2D eigenvalue weighted by Crippen LogP contribution is 2.22. The molecule has 0 bridgehead atoms. The molecule has 0 spiro atoms. The second-order valence-corrected chi connectivity index (χ2v) is 15.2. The van der Waals surface area contributed by atoms with E-state index in [0.29, 0.717) is 13.1 Å². The Kier molecular flexibility index (Phi) is 17.9. The minimum atomic E-state index is -0.439. The molecule has 10 heteroatoms. The molecular formula is C40H56N4O4S2. The molecule has 2 N–H and O–H groups in total. The number of esters is 2. The number of carbonyl (C=O) groups excluding carboxylic acids is 2. The van der Waals surface area contributed by atoms with E-state index >= 15 is 0 Å². The molecule has 272 valence electrons. The van der Waals surface area contributed by atoms with Crippen molar-refractivity contribution in [2.45, 2.75) is 64.8 Å². The highest BCUT2D eigenvalue weighted by Gasteiger charge is 2.26. The van der Waals surface area contributed by atoms with Crippen LogP contribution in [0.15, 0.2) is 83.6 Å². The van der Waals surface area contributed by atoms with Crippen molar-refractivity contribution in [3.63, 3.8) is 0 Å². The fraction of sp³-hybridized carbons (Fsp3) is 0.450. The van der Waals surface area contributed by atoms with E-state index in [1.165, 1.54) is 9.75 Å². The first-order valence-corrected chi connectivity index (χ1v) is 19.0. The largest absolute Gasteiger partial charge is 0.460 e. The van der Waals surface area contributed by atoms with Gasteiger partial charge in [-0.15, -0.1) is 22.7 Å². The van der Waals surface area contributed by atoms with Crippen molar-refractivity contribution in [1.82, 2.24) is 20.4 Å². The second-order valence-electron chi connectivity index (χ2n) is 13.2. The SMILES string of the molecule is Cc1ccccc1[C@@H](NCCc1cccs1)C(=O)O[C@H](C)CN(C)C.Cc1ccccc1[C@H](NCCc1cccs1)C(=O)O[C@H](C)CN(C)C. The lowest BCUT2D eigenvalue weighted by molar-refractivity contribution is -0.152. The van der Waals surface area contributed by atoms with Gasteiger partial charge < -0.3 is 29.9 Å². The van der Waals surface area contributed by atoms with Gasteiger partial charge in [-0.3, -0.25) is 0 Å². The quantitative estimate of drug-likeness (QED) is 0.108. The summed E-state index contributed by atoms with van der Waals surface area (Å²) in [4.78, 5) is 32.2. The predicted octanol–water partition coefficient (Wildman–Crippen LogP) is 6.85. The Hall–Kier alpha value is -3.38. The molecule has 4 atom stereocenters. The zero-order chi connectivity index (χ0) is 36.5. The smallest absolute Gasteiger partial charge is 0.328 e. The first-order valence-electron chi connectivity index (χ1n) is 17.3. The van der Waals surface area contributed by atoms with Crippen molar-refractivity contribution in [2.24, 2.45) is 0 Å². The zero-order valence-electron chi connectivity index (χ0n) is 31.0. The first-order chi connectivity index (χ1) is 23.9. The third kappa shape index (κ3) is 14.5. The van der Waals surface area contributed by atoms with Gasteiger partial charge >= 0.3 is 11.9 Å². The van der Waals surface area contributed by atoms with Crippen molar-refractivity contribution in [3.05, 3.63) is 116 Å². The van der Waals surface area contributed by atoms with E-state index in [4.69, 9.17) is 9.47 Å². The summed E-state index contributed by atoms with van der Waals surface area (Å²) in [5.74, 6) is -0.426. The summed E-state index contributed by atoms with van der Waals surface area (Å²) in [5.41, 5.74) is 4.15. The summed E-state index contributed by atoms with van der Waals surface area (Å²) < 4.78 is 11.4. The van der Waals surface area contributed by atoms with Crippen molar-refractivity contribution in [1.29, 1.82) is 0 Å². The molecule has 0 amide bonds. The van der Waals surface area contributed by atoms with Gasteiger partial charge in [0.05, 0.1) is 0 Å². The van der Waals surface area contributed by atoms with Crippen LogP contribution >= 0.6 is 22.7 Å². The number of nitrogens with one attached hydrogen (secondary N) is 2. The Morgan fingerprint density at radius 3 is 1.32 bits per heavy atom. The molecular weight excluding hydrogens is 665 g/mol. The number of ether oxygens (including phenoxy) is 2. The number of hydrogen-bond donors (Lipinski definition) is 2. The van der Waals surface area contributed by atoms with Crippen molar-refractivity contribution in [3.8, 4) is 0 Å². The fourth-order valence-corrected chi connectivity index (χ4v) is 7.10. The van der Waals surface area contributed by atoms with Crippen molar-refractivity contribution >= 4 is 34.6 Å². The first kappa shape index (κ1) is 41.0. The van der Waals surface area contributed by atoms with Crippen LogP contribution in [-0.4, -0.2) is 88.3 Å². The standard InChI is InChI=1S/2C20H28N2O2S/c2*1-15-8-5-6-10-18(15)19(20(23)24-16(2)14-22(3)4)21-12-11-17-9-7-13-25-17/h2*5-10,13,16,19,21H,11-12,14H2,1-4H3/t16-,19+;16-,19-/m11/s1. The molecule has 0 aliphatic heterocycles. The van der Waals surface area contributed by atoms with Gasteiger partial charge in [-0.25, -0.2) is 9.59 Å². The molecule has 8 nitrogen and oxygen atoms in total. The molecule has 0 radical (unpaired) electrons. The number of likely N-dealkylation sites (N-methyl/N-ethyl adjacent to an activating group) is 2. The number of rotatable bonds is 18. The molecule has 0 aliphatic carbocycles. The van der Waals surface area contributed by atoms with E-state index in [0.717, 1.165) is 48.2 Å². The van der Waals surface area contributed by atoms with Gasteiger partial charge in [0, 0.05) is 35.9 Å². The van der Waals surface area contributed by atoms with E-state index in [1.54, 1.807) is 22.7 Å². The summed E-state index contributed by atoms with van der Waals surface area (Å²) in [6, 6.07) is 23.4. The van der Waals surface area contributed by atoms with E-state index in [2.05, 4.69) is 45.7 Å². The summed E-state index contributed by atoms with van der Waals surface area (Å²) in [6.45, 7) is 10.8. The maximum Gasteiger partial charge on any atom is 0.328 e. The Balaban J connectivity index is 0.000000270. The van der Waals surface area contributed by atoms with E-state index < -0.39 is 12.1 Å². The maximum absolute atomic E-state index is 12.8. The van der Waals surface area contributed by atoms with Crippen LogP contribution in [-0.2, 0) is 31.9 Å². The molecule has 4 rings (SSSR count). The highest BCUT2D eigenvalue weighted by molar-refractivity contribution is 7.10. The van der Waals surface area contributed by atoms with Crippen LogP contribution in [0.1, 0.15) is 57.9 Å². The van der Waals surface area contributed by atoms with E-state index in [1.807, 2.05) is 114 Å². The number of aryl methyl sites for hydroxylation is 2. The summed E-state index contributed by atoms with van der Waals surface area (Å²) in [6.07, 6.45) is 1.52. The lowest BCUT2D eigenvalue weighted by atomic mass is 10.0. The third-order valence-corrected chi connectivity index (χ3v) is 9.82. The van der Waals surface area contributed by atoms with Gasteiger partial charge in [-0.2, -0.15) is 0 Å². The molecule has 0 unspecified atom stereocenters. The van der Waals surface area contributed by atoms with Crippen molar-refractivity contribution < 1.29 is 19.1 Å². The van der Waals surface area contributed by atoms with Gasteiger partial charge in [-0.1, -0.05) is 60.7 Å². The molecule has 2 heterocycles. The van der Waals surface area contributed by atoms with Crippen molar-refractivity contribution in [2.75, 3.05) is 54.4 Å². The zero-order valence-corrected chi connectivity index (χ0v) is 32.6. The van der Waals surface area contributed by atoms with Crippen LogP contribution in [0, 0.1) is 13.8 Å². The van der Waals surface area contributed by atoms with Gasteiger partial charge in [0.15, 0.2) is 0 Å². The molecule has 0 fully saturated rings. The number of benzene rings is 2. The number of thiophene rings is 2. The van der Waals surface area contributed by atoms with Gasteiger partial charge in [0.1, 0.15) is 24.3 Å². The molecule has 0 aliphatic rings. The number of hydrogen-bond acceptors (Lipinski definition) is 10. The lowest BCUT2D eigenvalue weighted by Crippen LogP contribution is -2.36. The molecule has 50 heavy (non-hydrogen) atoms. The monoisotopic (exact) mass is 720 g/mol. The minimum absolute atomic E-state index is 0.145. The predicted molar refractivity (Wildman–Crippen MR) is 208 cm³/mol.